The fourth-order valence-corrected chi connectivity index (χ4v) is 3.17. The fraction of sp³-hybridized carbons (Fsp3) is 0.312. The third kappa shape index (κ3) is 2.16. The lowest BCUT2D eigenvalue weighted by Crippen LogP contribution is -2.12. The predicted molar refractivity (Wildman–Crippen MR) is 84.7 cm³/mol. The van der Waals surface area contributed by atoms with E-state index in [0.717, 1.165) is 6.42 Å². The molecule has 2 heterocycles. The lowest BCUT2D eigenvalue weighted by atomic mass is 9.90. The molecule has 3 aromatic rings. The molecule has 3 N–H and O–H groups in total. The zero-order valence-corrected chi connectivity index (χ0v) is 12.2. The number of nitrogens with two attached hydrogens (primary N) is 1. The number of anilines is 1. The number of nitrogen functional groups attached to an aromatic ring is 1. The molecule has 0 saturated carbocycles. The smallest absolute Gasteiger partial charge is 0.280 e. The Morgan fingerprint density at radius 3 is 2.91 bits per heavy atom. The minimum absolute atomic E-state index is 0.115. The zero-order valence-electron chi connectivity index (χ0n) is 12.2. The van der Waals surface area contributed by atoms with E-state index >= 15 is 0 Å². The second kappa shape index (κ2) is 4.98. The number of hydrogen-bond donors (Lipinski definition) is 2. The third-order valence-electron chi connectivity index (χ3n) is 4.26. The number of imidazole rings is 1. The molecule has 1 aliphatic rings. The first kappa shape index (κ1) is 13.1. The highest BCUT2D eigenvalue weighted by Gasteiger charge is 2.12. The molecule has 112 valence electrons. The summed E-state index contributed by atoms with van der Waals surface area (Å²) in [6, 6.07) is 6.63. The van der Waals surface area contributed by atoms with E-state index in [1.165, 1.54) is 36.0 Å². The average Bonchev–Trinajstić information content (AvgIpc) is 2.90. The van der Waals surface area contributed by atoms with Crippen LogP contribution >= 0.6 is 0 Å². The molecule has 0 amide bonds. The van der Waals surface area contributed by atoms with E-state index < -0.39 is 0 Å². The number of fused-ring (bicyclic) bond motifs is 2. The summed E-state index contributed by atoms with van der Waals surface area (Å²) < 4.78 is 1.87. The van der Waals surface area contributed by atoms with Crippen LogP contribution in [0.5, 0.6) is 0 Å². The van der Waals surface area contributed by atoms with Crippen LogP contribution in [0, 0.1) is 0 Å². The summed E-state index contributed by atoms with van der Waals surface area (Å²) >= 11 is 0. The highest BCUT2D eigenvalue weighted by molar-refractivity contribution is 5.70. The van der Waals surface area contributed by atoms with Crippen LogP contribution in [0.4, 0.5) is 5.95 Å². The van der Waals surface area contributed by atoms with Crippen LogP contribution in [0.3, 0.4) is 0 Å². The van der Waals surface area contributed by atoms with E-state index in [-0.39, 0.29) is 11.5 Å². The van der Waals surface area contributed by atoms with Crippen LogP contribution in [-0.4, -0.2) is 19.5 Å². The number of benzene rings is 1. The van der Waals surface area contributed by atoms with E-state index in [4.69, 9.17) is 5.73 Å². The van der Waals surface area contributed by atoms with Gasteiger partial charge in [-0.1, -0.05) is 18.2 Å². The van der Waals surface area contributed by atoms with Gasteiger partial charge in [-0.3, -0.25) is 9.78 Å². The van der Waals surface area contributed by atoms with Gasteiger partial charge in [0.2, 0.25) is 5.95 Å². The van der Waals surface area contributed by atoms with Gasteiger partial charge >= 0.3 is 0 Å². The molecule has 0 radical (unpaired) electrons. The normalized spacial score (nSPS) is 14.2. The topological polar surface area (TPSA) is 89.6 Å². The van der Waals surface area contributed by atoms with Gasteiger partial charge in [0.25, 0.3) is 5.56 Å². The van der Waals surface area contributed by atoms with Crippen molar-refractivity contribution < 1.29 is 0 Å². The lowest BCUT2D eigenvalue weighted by molar-refractivity contribution is 0.682. The van der Waals surface area contributed by atoms with Crippen molar-refractivity contribution in [3.05, 3.63) is 51.6 Å². The Labute approximate surface area is 127 Å². The SMILES string of the molecule is Nc1nc2c(ncn2Cc2ccc3c(c2)CCCC3)c(=O)[nH]1. The zero-order chi connectivity index (χ0) is 15.1. The molecule has 2 aromatic heterocycles. The van der Waals surface area contributed by atoms with Gasteiger partial charge < -0.3 is 10.3 Å². The number of aryl methyl sites for hydroxylation is 2. The van der Waals surface area contributed by atoms with Gasteiger partial charge in [0.05, 0.1) is 12.9 Å². The first-order valence-corrected chi connectivity index (χ1v) is 7.52. The molecule has 1 aromatic carbocycles. The van der Waals surface area contributed by atoms with Crippen LogP contribution in [0.25, 0.3) is 11.2 Å². The van der Waals surface area contributed by atoms with Gasteiger partial charge in [-0.2, -0.15) is 4.98 Å². The lowest BCUT2D eigenvalue weighted by Gasteiger charge is -2.16. The summed E-state index contributed by atoms with van der Waals surface area (Å²) in [4.78, 5) is 22.6. The van der Waals surface area contributed by atoms with Crippen molar-refractivity contribution in [2.75, 3.05) is 5.73 Å². The number of hydrogen-bond acceptors (Lipinski definition) is 4. The van der Waals surface area contributed by atoms with Crippen LogP contribution < -0.4 is 11.3 Å². The van der Waals surface area contributed by atoms with Gasteiger partial charge in [0.15, 0.2) is 11.2 Å². The van der Waals surface area contributed by atoms with Gasteiger partial charge in [0.1, 0.15) is 0 Å². The molecular formula is C16H17N5O. The Morgan fingerprint density at radius 2 is 2.05 bits per heavy atom. The molecule has 6 nitrogen and oxygen atoms in total. The quantitative estimate of drug-likeness (QED) is 0.752. The Kier molecular flexibility index (Phi) is 2.96. The summed E-state index contributed by atoms with van der Waals surface area (Å²) in [6.45, 7) is 0.639. The molecule has 0 unspecified atom stereocenters. The molecule has 0 saturated heterocycles. The van der Waals surface area contributed by atoms with Gasteiger partial charge in [-0.05, 0) is 42.4 Å². The minimum Gasteiger partial charge on any atom is -0.369 e. The van der Waals surface area contributed by atoms with Crippen molar-refractivity contribution in [3.63, 3.8) is 0 Å². The maximum absolute atomic E-state index is 11.8. The maximum atomic E-state index is 11.8. The Bertz CT molecular complexity index is 909. The summed E-state index contributed by atoms with van der Waals surface area (Å²) in [6.07, 6.45) is 6.52. The van der Waals surface area contributed by atoms with E-state index in [1.54, 1.807) is 6.33 Å². The molecular weight excluding hydrogens is 278 g/mol. The number of aromatic amines is 1. The minimum atomic E-state index is -0.299. The molecule has 1 aliphatic carbocycles. The summed E-state index contributed by atoms with van der Waals surface area (Å²) in [5.74, 6) is 0.115. The first-order chi connectivity index (χ1) is 10.7. The Hall–Kier alpha value is -2.63. The molecule has 0 fully saturated rings. The Balaban J connectivity index is 1.73. The molecule has 6 heteroatoms. The van der Waals surface area contributed by atoms with Crippen molar-refractivity contribution in [1.29, 1.82) is 0 Å². The molecule has 4 rings (SSSR count). The van der Waals surface area contributed by atoms with Gasteiger partial charge in [-0.15, -0.1) is 0 Å². The molecule has 0 aliphatic heterocycles. The van der Waals surface area contributed by atoms with E-state index in [1.807, 2.05) is 4.57 Å². The molecule has 0 spiro atoms. The van der Waals surface area contributed by atoms with Crippen molar-refractivity contribution in [2.24, 2.45) is 0 Å². The van der Waals surface area contributed by atoms with Crippen molar-refractivity contribution in [3.8, 4) is 0 Å². The molecule has 22 heavy (non-hydrogen) atoms. The summed E-state index contributed by atoms with van der Waals surface area (Å²) in [7, 11) is 0. The Morgan fingerprint density at radius 1 is 1.23 bits per heavy atom. The van der Waals surface area contributed by atoms with Crippen molar-refractivity contribution in [2.45, 2.75) is 32.2 Å². The summed E-state index contributed by atoms with van der Waals surface area (Å²) in [5, 5.41) is 0. The molecule has 0 bridgehead atoms. The number of H-pyrrole nitrogens is 1. The fourth-order valence-electron chi connectivity index (χ4n) is 3.17. The number of aromatic nitrogens is 4. The van der Waals surface area contributed by atoms with Crippen LogP contribution in [0.1, 0.15) is 29.5 Å². The maximum Gasteiger partial charge on any atom is 0.280 e. The van der Waals surface area contributed by atoms with E-state index in [2.05, 4.69) is 33.2 Å². The van der Waals surface area contributed by atoms with Crippen molar-refractivity contribution >= 4 is 17.1 Å². The third-order valence-corrected chi connectivity index (χ3v) is 4.26. The van der Waals surface area contributed by atoms with E-state index in [0.29, 0.717) is 17.7 Å². The predicted octanol–water partition coefficient (Wildman–Crippen LogP) is 1.63. The average molecular weight is 295 g/mol. The second-order valence-corrected chi connectivity index (χ2v) is 5.81. The summed E-state index contributed by atoms with van der Waals surface area (Å²) in [5.41, 5.74) is 10.3. The highest BCUT2D eigenvalue weighted by Crippen LogP contribution is 2.23. The van der Waals surface area contributed by atoms with Crippen LogP contribution in [0.15, 0.2) is 29.3 Å². The van der Waals surface area contributed by atoms with Crippen LogP contribution in [0.2, 0.25) is 0 Å². The van der Waals surface area contributed by atoms with Crippen LogP contribution in [-0.2, 0) is 19.4 Å². The standard InChI is InChI=1S/C16H17N5O/c17-16-19-14-13(15(22)20-16)18-9-21(14)8-10-5-6-11-3-1-2-4-12(11)7-10/h5-7,9H,1-4,8H2,(H3,17,19,20,22). The number of nitrogens with one attached hydrogen (secondary N) is 1. The largest absolute Gasteiger partial charge is 0.369 e. The van der Waals surface area contributed by atoms with Gasteiger partial charge in [0, 0.05) is 0 Å². The van der Waals surface area contributed by atoms with Gasteiger partial charge in [-0.25, -0.2) is 4.98 Å². The first-order valence-electron chi connectivity index (χ1n) is 7.52. The van der Waals surface area contributed by atoms with Crippen molar-refractivity contribution in [1.82, 2.24) is 19.5 Å². The van der Waals surface area contributed by atoms with E-state index in [9.17, 15) is 4.79 Å². The molecule has 0 atom stereocenters. The second-order valence-electron chi connectivity index (χ2n) is 5.81. The highest BCUT2D eigenvalue weighted by atomic mass is 16.1. The monoisotopic (exact) mass is 295 g/mol. The number of nitrogens with zero attached hydrogens (tertiary/aromatic N) is 3. The number of rotatable bonds is 2.